The summed E-state index contributed by atoms with van der Waals surface area (Å²) in [5.41, 5.74) is 0. The number of aliphatic hydroxyl groups is 1. The van der Waals surface area contributed by atoms with Gasteiger partial charge in [-0.25, -0.2) is 4.89 Å². The highest BCUT2D eigenvalue weighted by Gasteiger charge is 2.03. The molecule has 142 valence electrons. The molecular weight excluding hydrogens is 320 g/mol. The largest absolute Gasteiger partial charge is 0.550 e. The van der Waals surface area contributed by atoms with E-state index in [-0.39, 0.29) is 12.5 Å². The van der Waals surface area contributed by atoms with Gasteiger partial charge in [0.05, 0.1) is 6.10 Å². The summed E-state index contributed by atoms with van der Waals surface area (Å²) in [5.74, 6) is -1.10. The zero-order valence-electron chi connectivity index (χ0n) is 15.0. The van der Waals surface area contributed by atoms with E-state index in [0.29, 0.717) is 12.8 Å². The Kier molecular flexibility index (Phi) is 16.0. The van der Waals surface area contributed by atoms with Gasteiger partial charge in [-0.2, -0.15) is 0 Å². The molecule has 0 saturated carbocycles. The average Bonchev–Trinajstić information content (AvgIpc) is 2.58. The van der Waals surface area contributed by atoms with E-state index < -0.39 is 12.1 Å². The lowest BCUT2D eigenvalue weighted by molar-refractivity contribution is -0.306. The van der Waals surface area contributed by atoms with Crippen molar-refractivity contribution in [1.82, 2.24) is 0 Å². The van der Waals surface area contributed by atoms with E-state index >= 15 is 0 Å². The lowest BCUT2D eigenvalue weighted by atomic mass is 10.1. The molecule has 0 amide bonds. The van der Waals surface area contributed by atoms with E-state index in [1.807, 2.05) is 30.4 Å². The van der Waals surface area contributed by atoms with Gasteiger partial charge >= 0.3 is 0 Å². The van der Waals surface area contributed by atoms with Crippen molar-refractivity contribution in [3.05, 3.63) is 48.6 Å². The van der Waals surface area contributed by atoms with Crippen molar-refractivity contribution in [2.24, 2.45) is 0 Å². The third-order valence-corrected chi connectivity index (χ3v) is 3.53. The number of aliphatic carboxylic acids is 1. The predicted molar refractivity (Wildman–Crippen MR) is 97.7 cm³/mol. The number of allylic oxidation sites excluding steroid dienone is 6. The molecule has 25 heavy (non-hydrogen) atoms. The average molecular weight is 351 g/mol. The van der Waals surface area contributed by atoms with Crippen molar-refractivity contribution in [2.45, 2.75) is 70.5 Å². The molecule has 0 heterocycles. The van der Waals surface area contributed by atoms with E-state index in [1.54, 1.807) is 18.2 Å². The maximum Gasteiger partial charge on any atom is 0.111 e. The second kappa shape index (κ2) is 17.1. The summed E-state index contributed by atoms with van der Waals surface area (Å²) >= 11 is 0. The Morgan fingerprint density at radius 3 is 2.32 bits per heavy atom. The minimum atomic E-state index is -1.10. The summed E-state index contributed by atoms with van der Waals surface area (Å²) < 4.78 is 0. The summed E-state index contributed by atoms with van der Waals surface area (Å²) in [5, 5.41) is 28.7. The first-order chi connectivity index (χ1) is 12.1. The molecule has 0 aliphatic rings. The molecule has 2 N–H and O–H groups in total. The van der Waals surface area contributed by atoms with Crippen LogP contribution in [-0.4, -0.2) is 28.5 Å². The van der Waals surface area contributed by atoms with E-state index in [0.717, 1.165) is 32.1 Å². The van der Waals surface area contributed by atoms with Crippen molar-refractivity contribution in [1.29, 1.82) is 0 Å². The summed E-state index contributed by atoms with van der Waals surface area (Å²) in [4.78, 5) is 14.6. The number of carboxylic acid groups (broad SMARTS) is 1. The number of carbonyl (C=O) groups excluding carboxylic acids is 1. The number of carboxylic acids is 1. The molecule has 0 aromatic rings. The van der Waals surface area contributed by atoms with Gasteiger partial charge in [0, 0.05) is 5.97 Å². The lowest BCUT2D eigenvalue weighted by Gasteiger charge is -2.08. The molecule has 0 aliphatic heterocycles. The smallest absolute Gasteiger partial charge is 0.111 e. The van der Waals surface area contributed by atoms with Crippen molar-refractivity contribution in [2.75, 3.05) is 0 Å². The van der Waals surface area contributed by atoms with Crippen LogP contribution >= 0.6 is 0 Å². The van der Waals surface area contributed by atoms with Crippen LogP contribution < -0.4 is 5.11 Å². The fourth-order valence-corrected chi connectivity index (χ4v) is 2.10. The van der Waals surface area contributed by atoms with Gasteiger partial charge in [0.2, 0.25) is 0 Å². The molecule has 0 aromatic carbocycles. The van der Waals surface area contributed by atoms with Crippen LogP contribution in [-0.2, 0) is 9.68 Å². The molecule has 2 atom stereocenters. The van der Waals surface area contributed by atoms with Crippen molar-refractivity contribution in [3.8, 4) is 0 Å². The second-order valence-corrected chi connectivity index (χ2v) is 5.83. The third-order valence-electron chi connectivity index (χ3n) is 3.53. The van der Waals surface area contributed by atoms with Gasteiger partial charge in [-0.15, -0.1) is 0 Å². The first-order valence-electron chi connectivity index (χ1n) is 8.95. The fourth-order valence-electron chi connectivity index (χ4n) is 2.10. The number of hydrogen-bond donors (Lipinski definition) is 2. The number of unbranched alkanes of at least 4 members (excludes halogenated alkanes) is 2. The van der Waals surface area contributed by atoms with E-state index in [2.05, 4.69) is 11.8 Å². The molecule has 0 saturated heterocycles. The lowest BCUT2D eigenvalue weighted by Crippen LogP contribution is -2.22. The SMILES string of the molecule is CCCCC[C@H](O)/C=C/C=C\C/C=C\C=C\[C@H](CCCC(=O)[O-])OO. The normalized spacial score (nSPS) is 15.0. The van der Waals surface area contributed by atoms with Gasteiger partial charge in [-0.05, 0) is 32.1 Å². The summed E-state index contributed by atoms with van der Waals surface area (Å²) in [6.45, 7) is 2.14. The van der Waals surface area contributed by atoms with Gasteiger partial charge in [-0.3, -0.25) is 5.26 Å². The standard InChI is InChI=1S/C20H32O5/c1-2-3-9-13-18(21)14-10-7-5-4-6-8-11-15-19(25-24)16-12-17-20(22)23/h5-8,10-11,14-15,18-19,21,24H,2-4,9,12-13,16-17H2,1H3,(H,22,23)/p-1/b7-5-,8-6-,14-10+,15-11+/t18-,19+/m0/s1. The highest BCUT2D eigenvalue weighted by molar-refractivity contribution is 5.64. The molecule has 5 nitrogen and oxygen atoms in total. The van der Waals surface area contributed by atoms with Gasteiger partial charge in [0.1, 0.15) is 6.10 Å². The zero-order chi connectivity index (χ0) is 18.8. The van der Waals surface area contributed by atoms with Crippen LogP contribution in [0.4, 0.5) is 0 Å². The van der Waals surface area contributed by atoms with Crippen LogP contribution in [0.1, 0.15) is 58.3 Å². The van der Waals surface area contributed by atoms with Gasteiger partial charge in [-0.1, -0.05) is 74.8 Å². The van der Waals surface area contributed by atoms with Crippen LogP contribution in [0.2, 0.25) is 0 Å². The Morgan fingerprint density at radius 1 is 1.04 bits per heavy atom. The Hall–Kier alpha value is -1.69. The topological polar surface area (TPSA) is 89.8 Å². The molecule has 0 aromatic heterocycles. The molecule has 0 unspecified atom stereocenters. The highest BCUT2D eigenvalue weighted by atomic mass is 17.1. The maximum absolute atomic E-state index is 10.3. The first kappa shape index (κ1) is 23.3. The van der Waals surface area contributed by atoms with Gasteiger partial charge < -0.3 is 15.0 Å². The highest BCUT2D eigenvalue weighted by Crippen LogP contribution is 2.06. The summed E-state index contributed by atoms with van der Waals surface area (Å²) in [6.07, 6.45) is 19.5. The summed E-state index contributed by atoms with van der Waals surface area (Å²) in [7, 11) is 0. The predicted octanol–water partition coefficient (Wildman–Crippen LogP) is 3.32. The van der Waals surface area contributed by atoms with Crippen LogP contribution in [0, 0.1) is 0 Å². The molecule has 0 spiro atoms. The minimum Gasteiger partial charge on any atom is -0.550 e. The fraction of sp³-hybridized carbons (Fsp3) is 0.550. The first-order valence-corrected chi connectivity index (χ1v) is 8.95. The van der Waals surface area contributed by atoms with Crippen LogP contribution in [0.3, 0.4) is 0 Å². The molecule has 0 rings (SSSR count). The van der Waals surface area contributed by atoms with Crippen molar-refractivity contribution in [3.63, 3.8) is 0 Å². The Balaban J connectivity index is 3.89. The van der Waals surface area contributed by atoms with Crippen LogP contribution in [0.5, 0.6) is 0 Å². The number of hydrogen-bond acceptors (Lipinski definition) is 5. The molecular formula is C20H31O5-. The Morgan fingerprint density at radius 2 is 1.72 bits per heavy atom. The van der Waals surface area contributed by atoms with E-state index in [4.69, 9.17) is 5.26 Å². The molecule has 0 aliphatic carbocycles. The van der Waals surface area contributed by atoms with Crippen LogP contribution in [0.15, 0.2) is 48.6 Å². The van der Waals surface area contributed by atoms with Gasteiger partial charge in [0.15, 0.2) is 0 Å². The molecule has 0 bridgehead atoms. The quantitative estimate of drug-likeness (QED) is 0.204. The maximum atomic E-state index is 10.3. The Labute approximate surface area is 151 Å². The van der Waals surface area contributed by atoms with Gasteiger partial charge in [0.25, 0.3) is 0 Å². The zero-order valence-corrected chi connectivity index (χ0v) is 15.0. The monoisotopic (exact) mass is 351 g/mol. The molecule has 0 radical (unpaired) electrons. The van der Waals surface area contributed by atoms with E-state index in [9.17, 15) is 15.0 Å². The van der Waals surface area contributed by atoms with Crippen molar-refractivity contribution >= 4 is 5.97 Å². The third kappa shape index (κ3) is 16.9. The number of rotatable bonds is 15. The molecule has 5 heteroatoms. The Bertz CT molecular complexity index is 437. The second-order valence-electron chi connectivity index (χ2n) is 5.83. The van der Waals surface area contributed by atoms with Crippen LogP contribution in [0.25, 0.3) is 0 Å². The number of aliphatic hydroxyl groups excluding tert-OH is 1. The molecule has 0 fully saturated rings. The number of carbonyl (C=O) groups is 1. The minimum absolute atomic E-state index is 0.0465. The summed E-state index contributed by atoms with van der Waals surface area (Å²) in [6, 6.07) is 0. The van der Waals surface area contributed by atoms with E-state index in [1.165, 1.54) is 0 Å². The van der Waals surface area contributed by atoms with Crippen molar-refractivity contribution < 1.29 is 25.2 Å².